The first-order chi connectivity index (χ1) is 8.49. The van der Waals surface area contributed by atoms with E-state index < -0.39 is 10.0 Å². The Morgan fingerprint density at radius 2 is 2.11 bits per heavy atom. The van der Waals surface area contributed by atoms with E-state index in [0.717, 1.165) is 25.1 Å². The van der Waals surface area contributed by atoms with Crippen LogP contribution < -0.4 is 5.32 Å². The van der Waals surface area contributed by atoms with Gasteiger partial charge in [0, 0.05) is 31.9 Å². The highest BCUT2D eigenvalue weighted by molar-refractivity contribution is 7.88. The predicted molar refractivity (Wildman–Crippen MR) is 71.0 cm³/mol. The summed E-state index contributed by atoms with van der Waals surface area (Å²) in [6.45, 7) is 4.09. The Labute approximate surface area is 108 Å². The Hall–Kier alpha value is -1.08. The minimum atomic E-state index is -3.03. The molecule has 6 nitrogen and oxygen atoms in total. The summed E-state index contributed by atoms with van der Waals surface area (Å²) in [5, 5.41) is 7.60. The normalized spacial score (nSPS) is 19.0. The molecule has 0 spiro atoms. The molecule has 2 heterocycles. The van der Waals surface area contributed by atoms with Crippen LogP contribution in [-0.4, -0.2) is 47.9 Å². The number of sulfonamides is 1. The number of anilines is 1. The van der Waals surface area contributed by atoms with E-state index in [9.17, 15) is 8.42 Å². The lowest BCUT2D eigenvalue weighted by Crippen LogP contribution is -2.41. The van der Waals surface area contributed by atoms with Gasteiger partial charge in [-0.25, -0.2) is 12.7 Å². The van der Waals surface area contributed by atoms with Gasteiger partial charge in [-0.05, 0) is 19.8 Å². The van der Waals surface area contributed by atoms with Gasteiger partial charge in [0.05, 0.1) is 18.1 Å². The lowest BCUT2D eigenvalue weighted by molar-refractivity contribution is 0.332. The molecule has 1 fully saturated rings. The molecule has 0 unspecified atom stereocenters. The van der Waals surface area contributed by atoms with Crippen molar-refractivity contribution in [3.63, 3.8) is 0 Å². The van der Waals surface area contributed by atoms with E-state index in [1.54, 1.807) is 4.31 Å². The van der Waals surface area contributed by atoms with Crippen LogP contribution in [0.1, 0.15) is 19.8 Å². The average molecular weight is 272 g/mol. The van der Waals surface area contributed by atoms with Gasteiger partial charge in [0.2, 0.25) is 10.0 Å². The van der Waals surface area contributed by atoms with E-state index in [-0.39, 0.29) is 0 Å². The molecule has 1 saturated heterocycles. The summed E-state index contributed by atoms with van der Waals surface area (Å²) >= 11 is 0. The predicted octanol–water partition coefficient (Wildman–Crippen LogP) is 0.739. The highest BCUT2D eigenvalue weighted by Crippen LogP contribution is 2.17. The lowest BCUT2D eigenvalue weighted by Gasteiger charge is -2.30. The highest BCUT2D eigenvalue weighted by Gasteiger charge is 2.24. The van der Waals surface area contributed by atoms with Gasteiger partial charge in [-0.2, -0.15) is 5.10 Å². The minimum Gasteiger partial charge on any atom is -0.380 e. The average Bonchev–Trinajstić information content (AvgIpc) is 2.76. The molecule has 7 heteroatoms. The van der Waals surface area contributed by atoms with Crippen LogP contribution in [0.4, 0.5) is 5.69 Å². The summed E-state index contributed by atoms with van der Waals surface area (Å²) in [4.78, 5) is 0. The molecule has 0 saturated carbocycles. The fraction of sp³-hybridized carbons (Fsp3) is 0.727. The topological polar surface area (TPSA) is 67.2 Å². The van der Waals surface area contributed by atoms with Crippen molar-refractivity contribution >= 4 is 15.7 Å². The Bertz CT molecular complexity index is 489. The standard InChI is InChI=1S/C11H20N4O2S/c1-3-14-9-11(8-12-14)13-10-4-6-15(7-5-10)18(2,16)17/h8-10,13H,3-7H2,1-2H3. The highest BCUT2D eigenvalue weighted by atomic mass is 32.2. The van der Waals surface area contributed by atoms with Crippen LogP contribution in [0.15, 0.2) is 12.4 Å². The van der Waals surface area contributed by atoms with Crippen molar-refractivity contribution in [3.8, 4) is 0 Å². The van der Waals surface area contributed by atoms with Crippen molar-refractivity contribution in [1.82, 2.24) is 14.1 Å². The largest absolute Gasteiger partial charge is 0.380 e. The maximum absolute atomic E-state index is 11.4. The van der Waals surface area contributed by atoms with Gasteiger partial charge in [-0.3, -0.25) is 4.68 Å². The number of hydrogen-bond donors (Lipinski definition) is 1. The van der Waals surface area contributed by atoms with E-state index in [0.29, 0.717) is 19.1 Å². The third kappa shape index (κ3) is 3.23. The van der Waals surface area contributed by atoms with Crippen LogP contribution >= 0.6 is 0 Å². The van der Waals surface area contributed by atoms with Crippen molar-refractivity contribution in [1.29, 1.82) is 0 Å². The third-order valence-corrected chi connectivity index (χ3v) is 4.55. The molecule has 0 aliphatic carbocycles. The van der Waals surface area contributed by atoms with E-state index in [1.165, 1.54) is 6.26 Å². The van der Waals surface area contributed by atoms with Gasteiger partial charge in [-0.15, -0.1) is 0 Å². The summed E-state index contributed by atoms with van der Waals surface area (Å²) in [6, 6.07) is 0.331. The van der Waals surface area contributed by atoms with E-state index in [2.05, 4.69) is 10.4 Å². The molecule has 0 bridgehead atoms. The monoisotopic (exact) mass is 272 g/mol. The summed E-state index contributed by atoms with van der Waals surface area (Å²) < 4.78 is 26.2. The first-order valence-electron chi connectivity index (χ1n) is 6.23. The second-order valence-electron chi connectivity index (χ2n) is 4.67. The van der Waals surface area contributed by atoms with Crippen LogP contribution in [0.25, 0.3) is 0 Å². The number of aryl methyl sites for hydroxylation is 1. The molecular weight excluding hydrogens is 252 g/mol. The maximum atomic E-state index is 11.4. The zero-order chi connectivity index (χ0) is 13.2. The van der Waals surface area contributed by atoms with Crippen molar-refractivity contribution in [2.45, 2.75) is 32.4 Å². The SMILES string of the molecule is CCn1cc(NC2CCN(S(C)(=O)=O)CC2)cn1. The second kappa shape index (κ2) is 5.27. The number of aromatic nitrogens is 2. The molecule has 1 aliphatic rings. The molecule has 0 atom stereocenters. The van der Waals surface area contributed by atoms with E-state index in [1.807, 2.05) is 24.0 Å². The maximum Gasteiger partial charge on any atom is 0.211 e. The number of nitrogens with zero attached hydrogens (tertiary/aromatic N) is 3. The summed E-state index contributed by atoms with van der Waals surface area (Å²) in [5.41, 5.74) is 1.01. The Balaban J connectivity index is 1.87. The fourth-order valence-electron chi connectivity index (χ4n) is 2.18. The first-order valence-corrected chi connectivity index (χ1v) is 8.08. The lowest BCUT2D eigenvalue weighted by atomic mass is 10.1. The zero-order valence-corrected chi connectivity index (χ0v) is 11.7. The van der Waals surface area contributed by atoms with E-state index >= 15 is 0 Å². The molecule has 1 aromatic heterocycles. The van der Waals surface area contributed by atoms with Crippen molar-refractivity contribution in [2.75, 3.05) is 24.7 Å². The quantitative estimate of drug-likeness (QED) is 0.878. The smallest absolute Gasteiger partial charge is 0.211 e. The van der Waals surface area contributed by atoms with Gasteiger partial charge in [-0.1, -0.05) is 0 Å². The number of hydrogen-bond acceptors (Lipinski definition) is 4. The zero-order valence-electron chi connectivity index (χ0n) is 10.8. The fourth-order valence-corrected chi connectivity index (χ4v) is 3.05. The summed E-state index contributed by atoms with van der Waals surface area (Å²) in [7, 11) is -3.03. The third-order valence-electron chi connectivity index (χ3n) is 3.25. The molecule has 1 N–H and O–H groups in total. The molecule has 0 radical (unpaired) electrons. The molecule has 1 aromatic rings. The summed E-state index contributed by atoms with van der Waals surface area (Å²) in [5.74, 6) is 0. The number of rotatable bonds is 4. The molecule has 0 aromatic carbocycles. The second-order valence-corrected chi connectivity index (χ2v) is 6.65. The molecule has 0 amide bonds. The minimum absolute atomic E-state index is 0.331. The van der Waals surface area contributed by atoms with Crippen molar-refractivity contribution in [3.05, 3.63) is 12.4 Å². The van der Waals surface area contributed by atoms with Crippen LogP contribution in [0, 0.1) is 0 Å². The number of piperidine rings is 1. The summed E-state index contributed by atoms with van der Waals surface area (Å²) in [6.07, 6.45) is 6.73. The van der Waals surface area contributed by atoms with Crippen LogP contribution in [0.3, 0.4) is 0 Å². The van der Waals surface area contributed by atoms with Gasteiger partial charge in [0.15, 0.2) is 0 Å². The molecule has 2 rings (SSSR count). The van der Waals surface area contributed by atoms with Crippen LogP contribution in [-0.2, 0) is 16.6 Å². The van der Waals surface area contributed by atoms with Crippen LogP contribution in [0.2, 0.25) is 0 Å². The van der Waals surface area contributed by atoms with Crippen LogP contribution in [0.5, 0.6) is 0 Å². The van der Waals surface area contributed by atoms with Gasteiger partial charge in [0.25, 0.3) is 0 Å². The Kier molecular flexibility index (Phi) is 3.91. The van der Waals surface area contributed by atoms with E-state index in [4.69, 9.17) is 0 Å². The van der Waals surface area contributed by atoms with Crippen molar-refractivity contribution in [2.24, 2.45) is 0 Å². The molecule has 102 valence electrons. The molecule has 18 heavy (non-hydrogen) atoms. The Morgan fingerprint density at radius 3 is 2.61 bits per heavy atom. The van der Waals surface area contributed by atoms with Gasteiger partial charge >= 0.3 is 0 Å². The Morgan fingerprint density at radius 1 is 1.44 bits per heavy atom. The molecule has 1 aliphatic heterocycles. The van der Waals surface area contributed by atoms with Gasteiger partial charge < -0.3 is 5.32 Å². The first kappa shape index (κ1) is 13.4. The number of nitrogens with one attached hydrogen (secondary N) is 1. The van der Waals surface area contributed by atoms with Crippen molar-refractivity contribution < 1.29 is 8.42 Å². The molecular formula is C11H20N4O2S. The van der Waals surface area contributed by atoms with Gasteiger partial charge in [0.1, 0.15) is 0 Å².